The van der Waals surface area contributed by atoms with Crippen LogP contribution in [0.3, 0.4) is 0 Å². The topological polar surface area (TPSA) is 33.3 Å². The third-order valence-corrected chi connectivity index (χ3v) is 1.88. The maximum atomic E-state index is 5.03. The molecule has 1 rings (SSSR count). The zero-order valence-corrected chi connectivity index (χ0v) is 8.13. The predicted octanol–water partition coefficient (Wildman–Crippen LogP) is 1.13. The number of ether oxygens (including phenoxy) is 1. The van der Waals surface area contributed by atoms with E-state index >= 15 is 0 Å². The normalized spacial score (nSPS) is 15.5. The Morgan fingerprint density at radius 2 is 2.31 bits per heavy atom. The lowest BCUT2D eigenvalue weighted by molar-refractivity contribution is 0.202. The minimum Gasteiger partial charge on any atom is -0.384 e. The predicted molar refractivity (Wildman–Crippen MR) is 54.0 cm³/mol. The molecule has 1 heterocycles. The van der Waals surface area contributed by atoms with Crippen LogP contribution >= 0.6 is 0 Å². The zero-order chi connectivity index (χ0) is 9.52. The van der Waals surface area contributed by atoms with E-state index in [0.717, 1.165) is 18.8 Å². The number of allylic oxidation sites excluding steroid dienone is 3. The first-order valence-corrected chi connectivity index (χ1v) is 4.38. The van der Waals surface area contributed by atoms with Crippen LogP contribution in [0.15, 0.2) is 35.8 Å². The fourth-order valence-corrected chi connectivity index (χ4v) is 1.19. The minimum absolute atomic E-state index is 0.743. The van der Waals surface area contributed by atoms with Crippen LogP contribution in [0.25, 0.3) is 0 Å². The standard InChI is InChI=1S/C10H16N2O/c1-11-10-9(6-8-13-2)5-3-4-7-12-10/h3-5,7,11-12H,6,8H2,1-2H3. The van der Waals surface area contributed by atoms with E-state index in [1.165, 1.54) is 5.57 Å². The average Bonchev–Trinajstić information content (AvgIpc) is 2.39. The van der Waals surface area contributed by atoms with Crippen molar-refractivity contribution in [3.63, 3.8) is 0 Å². The Balaban J connectivity index is 2.67. The highest BCUT2D eigenvalue weighted by Gasteiger charge is 2.02. The van der Waals surface area contributed by atoms with E-state index in [-0.39, 0.29) is 0 Å². The molecular formula is C10H16N2O. The third kappa shape index (κ3) is 2.95. The molecule has 0 radical (unpaired) electrons. The van der Waals surface area contributed by atoms with Crippen molar-refractivity contribution in [3.05, 3.63) is 35.8 Å². The van der Waals surface area contributed by atoms with Gasteiger partial charge in [0, 0.05) is 20.4 Å². The molecule has 1 aliphatic heterocycles. The zero-order valence-electron chi connectivity index (χ0n) is 8.13. The Kier molecular flexibility index (Phi) is 4.12. The molecule has 72 valence electrons. The van der Waals surface area contributed by atoms with E-state index in [0.29, 0.717) is 0 Å². The van der Waals surface area contributed by atoms with Gasteiger partial charge in [-0.15, -0.1) is 0 Å². The largest absolute Gasteiger partial charge is 0.384 e. The summed E-state index contributed by atoms with van der Waals surface area (Å²) in [7, 11) is 3.62. The first-order valence-electron chi connectivity index (χ1n) is 4.38. The summed E-state index contributed by atoms with van der Waals surface area (Å²) in [5.74, 6) is 1.04. The Hall–Kier alpha value is -1.22. The molecule has 0 unspecified atom stereocenters. The smallest absolute Gasteiger partial charge is 0.106 e. The lowest BCUT2D eigenvalue weighted by atomic mass is 10.2. The maximum absolute atomic E-state index is 5.03. The molecular weight excluding hydrogens is 164 g/mol. The fourth-order valence-electron chi connectivity index (χ4n) is 1.19. The first kappa shape index (κ1) is 9.86. The van der Waals surface area contributed by atoms with Crippen molar-refractivity contribution in [1.29, 1.82) is 0 Å². The van der Waals surface area contributed by atoms with E-state index in [2.05, 4.69) is 16.7 Å². The van der Waals surface area contributed by atoms with Crippen LogP contribution in [0, 0.1) is 0 Å². The summed E-state index contributed by atoms with van der Waals surface area (Å²) in [5.41, 5.74) is 1.23. The highest BCUT2D eigenvalue weighted by Crippen LogP contribution is 2.09. The van der Waals surface area contributed by atoms with E-state index in [9.17, 15) is 0 Å². The quantitative estimate of drug-likeness (QED) is 0.680. The van der Waals surface area contributed by atoms with Crippen molar-refractivity contribution in [2.45, 2.75) is 6.42 Å². The highest BCUT2D eigenvalue weighted by molar-refractivity contribution is 5.30. The molecule has 0 amide bonds. The first-order chi connectivity index (χ1) is 6.38. The van der Waals surface area contributed by atoms with Crippen LogP contribution in [-0.2, 0) is 4.74 Å². The molecule has 13 heavy (non-hydrogen) atoms. The van der Waals surface area contributed by atoms with Crippen LogP contribution in [0.4, 0.5) is 0 Å². The molecule has 0 aromatic carbocycles. The Labute approximate surface area is 79.2 Å². The van der Waals surface area contributed by atoms with Crippen LogP contribution in [0.5, 0.6) is 0 Å². The van der Waals surface area contributed by atoms with Gasteiger partial charge in [0.1, 0.15) is 5.82 Å². The number of nitrogens with one attached hydrogen (secondary N) is 2. The number of rotatable bonds is 4. The summed E-state index contributed by atoms with van der Waals surface area (Å²) >= 11 is 0. The SMILES string of the molecule is CNC1=C(CCOC)C=CC=CN1. The van der Waals surface area contributed by atoms with Crippen LogP contribution in [0.1, 0.15) is 6.42 Å². The Morgan fingerprint density at radius 1 is 1.46 bits per heavy atom. The molecule has 0 atom stereocenters. The molecule has 0 saturated heterocycles. The summed E-state index contributed by atoms with van der Waals surface area (Å²) in [5, 5.41) is 6.27. The molecule has 0 aromatic rings. The van der Waals surface area contributed by atoms with Gasteiger partial charge in [0.25, 0.3) is 0 Å². The molecule has 0 bridgehead atoms. The Bertz CT molecular complexity index is 241. The van der Waals surface area contributed by atoms with Gasteiger partial charge >= 0.3 is 0 Å². The maximum Gasteiger partial charge on any atom is 0.106 e. The summed E-state index contributed by atoms with van der Waals surface area (Å²) in [6.45, 7) is 0.743. The average molecular weight is 180 g/mol. The molecule has 1 aliphatic rings. The molecule has 0 aromatic heterocycles. The van der Waals surface area contributed by atoms with E-state index < -0.39 is 0 Å². The van der Waals surface area contributed by atoms with Gasteiger partial charge in [0.15, 0.2) is 0 Å². The summed E-state index contributed by atoms with van der Waals surface area (Å²) in [6, 6.07) is 0. The van der Waals surface area contributed by atoms with Crippen molar-refractivity contribution in [1.82, 2.24) is 10.6 Å². The van der Waals surface area contributed by atoms with E-state index in [1.54, 1.807) is 7.11 Å². The summed E-state index contributed by atoms with van der Waals surface area (Å²) in [6.07, 6.45) is 8.89. The van der Waals surface area contributed by atoms with Gasteiger partial charge in [0.2, 0.25) is 0 Å². The van der Waals surface area contributed by atoms with Crippen molar-refractivity contribution in [3.8, 4) is 0 Å². The molecule has 0 saturated carbocycles. The molecule has 2 N–H and O–H groups in total. The highest BCUT2D eigenvalue weighted by atomic mass is 16.5. The summed E-state index contributed by atoms with van der Waals surface area (Å²) in [4.78, 5) is 0. The molecule has 0 aliphatic carbocycles. The van der Waals surface area contributed by atoms with Crippen molar-refractivity contribution < 1.29 is 4.74 Å². The van der Waals surface area contributed by atoms with Gasteiger partial charge in [-0.3, -0.25) is 0 Å². The lowest BCUT2D eigenvalue weighted by Gasteiger charge is -2.10. The molecule has 0 fully saturated rings. The van der Waals surface area contributed by atoms with Crippen molar-refractivity contribution >= 4 is 0 Å². The van der Waals surface area contributed by atoms with Crippen molar-refractivity contribution in [2.75, 3.05) is 20.8 Å². The second-order valence-corrected chi connectivity index (χ2v) is 2.76. The van der Waals surface area contributed by atoms with Gasteiger partial charge in [-0.2, -0.15) is 0 Å². The lowest BCUT2D eigenvalue weighted by Crippen LogP contribution is -2.20. The number of hydrogen-bond donors (Lipinski definition) is 2. The van der Waals surface area contributed by atoms with Gasteiger partial charge in [0.05, 0.1) is 6.61 Å². The third-order valence-electron chi connectivity index (χ3n) is 1.88. The minimum atomic E-state index is 0.743. The second kappa shape index (κ2) is 5.43. The Morgan fingerprint density at radius 3 is 3.00 bits per heavy atom. The summed E-state index contributed by atoms with van der Waals surface area (Å²) < 4.78 is 5.03. The van der Waals surface area contributed by atoms with Gasteiger partial charge in [-0.05, 0) is 18.1 Å². The van der Waals surface area contributed by atoms with Gasteiger partial charge in [-0.25, -0.2) is 0 Å². The van der Waals surface area contributed by atoms with Crippen LogP contribution in [0.2, 0.25) is 0 Å². The number of hydrogen-bond acceptors (Lipinski definition) is 3. The molecule has 3 nitrogen and oxygen atoms in total. The monoisotopic (exact) mass is 180 g/mol. The van der Waals surface area contributed by atoms with Crippen molar-refractivity contribution in [2.24, 2.45) is 0 Å². The van der Waals surface area contributed by atoms with Crippen LogP contribution in [-0.4, -0.2) is 20.8 Å². The van der Waals surface area contributed by atoms with Gasteiger partial charge < -0.3 is 15.4 Å². The fraction of sp³-hybridized carbons (Fsp3) is 0.400. The number of methoxy groups -OCH3 is 1. The van der Waals surface area contributed by atoms with Gasteiger partial charge in [-0.1, -0.05) is 12.2 Å². The van der Waals surface area contributed by atoms with Crippen LogP contribution < -0.4 is 10.6 Å². The molecule has 0 spiro atoms. The van der Waals surface area contributed by atoms with E-state index in [1.807, 2.05) is 25.4 Å². The van der Waals surface area contributed by atoms with E-state index in [4.69, 9.17) is 4.74 Å². The second-order valence-electron chi connectivity index (χ2n) is 2.76. The molecule has 3 heteroatoms.